The Morgan fingerprint density at radius 1 is 1.05 bits per heavy atom. The summed E-state index contributed by atoms with van der Waals surface area (Å²) in [4.78, 5) is 0. The standard InChI is InChI=1S/C18H22BrN/c1-4-11-20-18(15-7-5-6-8-17(15)19)16-12-13(2)9-10-14(16)3/h5-10,12,18,20H,4,11H2,1-3H3. The van der Waals surface area contributed by atoms with Gasteiger partial charge in [0.25, 0.3) is 0 Å². The summed E-state index contributed by atoms with van der Waals surface area (Å²) in [5.41, 5.74) is 5.31. The Labute approximate surface area is 130 Å². The Morgan fingerprint density at radius 3 is 2.50 bits per heavy atom. The molecule has 0 aliphatic heterocycles. The lowest BCUT2D eigenvalue weighted by Gasteiger charge is -2.23. The molecule has 0 saturated heterocycles. The zero-order valence-electron chi connectivity index (χ0n) is 12.4. The first-order chi connectivity index (χ1) is 9.63. The Balaban J connectivity index is 2.47. The molecule has 2 rings (SSSR count). The number of benzene rings is 2. The predicted octanol–water partition coefficient (Wildman–Crippen LogP) is 5.15. The van der Waals surface area contributed by atoms with Crippen molar-refractivity contribution in [1.29, 1.82) is 0 Å². The van der Waals surface area contributed by atoms with E-state index in [-0.39, 0.29) is 6.04 Å². The van der Waals surface area contributed by atoms with Gasteiger partial charge in [0.15, 0.2) is 0 Å². The van der Waals surface area contributed by atoms with Crippen molar-refractivity contribution in [3.63, 3.8) is 0 Å². The van der Waals surface area contributed by atoms with Crippen LogP contribution >= 0.6 is 15.9 Å². The van der Waals surface area contributed by atoms with Crippen LogP contribution in [-0.2, 0) is 0 Å². The van der Waals surface area contributed by atoms with Gasteiger partial charge in [-0.2, -0.15) is 0 Å². The van der Waals surface area contributed by atoms with Gasteiger partial charge >= 0.3 is 0 Å². The molecular weight excluding hydrogens is 310 g/mol. The third-order valence-electron chi connectivity index (χ3n) is 3.56. The highest BCUT2D eigenvalue weighted by molar-refractivity contribution is 9.10. The smallest absolute Gasteiger partial charge is 0.0590 e. The third-order valence-corrected chi connectivity index (χ3v) is 4.28. The molecule has 0 spiro atoms. The minimum absolute atomic E-state index is 0.241. The summed E-state index contributed by atoms with van der Waals surface area (Å²) in [6, 6.07) is 15.4. The number of halogens is 1. The Bertz CT molecular complexity index is 577. The van der Waals surface area contributed by atoms with Crippen molar-refractivity contribution >= 4 is 15.9 Å². The van der Waals surface area contributed by atoms with Crippen LogP contribution in [0.5, 0.6) is 0 Å². The van der Waals surface area contributed by atoms with Gasteiger partial charge in [0.1, 0.15) is 0 Å². The summed E-state index contributed by atoms with van der Waals surface area (Å²) in [5.74, 6) is 0. The molecule has 1 N–H and O–H groups in total. The first-order valence-corrected chi connectivity index (χ1v) is 7.97. The minimum Gasteiger partial charge on any atom is -0.306 e. The zero-order valence-corrected chi connectivity index (χ0v) is 14.0. The van der Waals surface area contributed by atoms with Crippen LogP contribution in [0.2, 0.25) is 0 Å². The van der Waals surface area contributed by atoms with E-state index in [0.717, 1.165) is 17.4 Å². The summed E-state index contributed by atoms with van der Waals surface area (Å²) >= 11 is 3.69. The monoisotopic (exact) mass is 331 g/mol. The highest BCUT2D eigenvalue weighted by Crippen LogP contribution is 2.30. The second-order valence-corrected chi connectivity index (χ2v) is 6.12. The maximum Gasteiger partial charge on any atom is 0.0590 e. The van der Waals surface area contributed by atoms with Crippen LogP contribution < -0.4 is 5.32 Å². The molecule has 0 amide bonds. The number of aryl methyl sites for hydroxylation is 2. The van der Waals surface area contributed by atoms with Gasteiger partial charge in [-0.05, 0) is 49.6 Å². The van der Waals surface area contributed by atoms with Crippen LogP contribution in [0.3, 0.4) is 0 Å². The van der Waals surface area contributed by atoms with Gasteiger partial charge in [0.2, 0.25) is 0 Å². The maximum absolute atomic E-state index is 3.69. The van der Waals surface area contributed by atoms with E-state index in [1.165, 1.54) is 22.3 Å². The van der Waals surface area contributed by atoms with Gasteiger partial charge in [-0.3, -0.25) is 0 Å². The van der Waals surface area contributed by atoms with Gasteiger partial charge in [0, 0.05) is 4.47 Å². The molecule has 1 nitrogen and oxygen atoms in total. The van der Waals surface area contributed by atoms with E-state index < -0.39 is 0 Å². The van der Waals surface area contributed by atoms with Crippen molar-refractivity contribution in [1.82, 2.24) is 5.32 Å². The van der Waals surface area contributed by atoms with Crippen LogP contribution in [0, 0.1) is 13.8 Å². The van der Waals surface area contributed by atoms with Gasteiger partial charge in [-0.1, -0.05) is 64.8 Å². The molecule has 106 valence electrons. The average Bonchev–Trinajstić information content (AvgIpc) is 2.44. The lowest BCUT2D eigenvalue weighted by Crippen LogP contribution is -2.24. The average molecular weight is 332 g/mol. The molecule has 2 aromatic carbocycles. The Kier molecular flexibility index (Phi) is 5.38. The SMILES string of the molecule is CCCNC(c1cc(C)ccc1C)c1ccccc1Br. The maximum atomic E-state index is 3.69. The van der Waals surface area contributed by atoms with Gasteiger partial charge < -0.3 is 5.32 Å². The number of hydrogen-bond donors (Lipinski definition) is 1. The van der Waals surface area contributed by atoms with Gasteiger partial charge in [0.05, 0.1) is 6.04 Å². The lowest BCUT2D eigenvalue weighted by atomic mass is 9.93. The molecule has 0 heterocycles. The van der Waals surface area contributed by atoms with Crippen molar-refractivity contribution in [2.45, 2.75) is 33.2 Å². The molecule has 1 atom stereocenters. The van der Waals surface area contributed by atoms with Crippen LogP contribution in [0.25, 0.3) is 0 Å². The second kappa shape index (κ2) is 7.05. The molecule has 2 aromatic rings. The number of rotatable bonds is 5. The minimum atomic E-state index is 0.241. The Hall–Kier alpha value is -1.12. The topological polar surface area (TPSA) is 12.0 Å². The van der Waals surface area contributed by atoms with E-state index in [2.05, 4.69) is 84.5 Å². The van der Waals surface area contributed by atoms with E-state index in [9.17, 15) is 0 Å². The third kappa shape index (κ3) is 3.50. The fraction of sp³-hybridized carbons (Fsp3) is 0.333. The molecule has 1 unspecified atom stereocenters. The van der Waals surface area contributed by atoms with Crippen LogP contribution in [-0.4, -0.2) is 6.54 Å². The molecule has 0 aliphatic rings. The first kappa shape index (κ1) is 15.3. The van der Waals surface area contributed by atoms with Crippen LogP contribution in [0.15, 0.2) is 46.9 Å². The number of hydrogen-bond acceptors (Lipinski definition) is 1. The highest BCUT2D eigenvalue weighted by atomic mass is 79.9. The second-order valence-electron chi connectivity index (χ2n) is 5.27. The van der Waals surface area contributed by atoms with Gasteiger partial charge in [-0.25, -0.2) is 0 Å². The van der Waals surface area contributed by atoms with E-state index in [4.69, 9.17) is 0 Å². The lowest BCUT2D eigenvalue weighted by molar-refractivity contribution is 0.594. The number of nitrogens with one attached hydrogen (secondary N) is 1. The van der Waals surface area contributed by atoms with Crippen LogP contribution in [0.1, 0.15) is 41.6 Å². The van der Waals surface area contributed by atoms with E-state index in [1.54, 1.807) is 0 Å². The van der Waals surface area contributed by atoms with E-state index in [1.807, 2.05) is 0 Å². The fourth-order valence-electron chi connectivity index (χ4n) is 2.46. The predicted molar refractivity (Wildman–Crippen MR) is 90.2 cm³/mol. The highest BCUT2D eigenvalue weighted by Gasteiger charge is 2.17. The molecule has 0 aliphatic carbocycles. The van der Waals surface area contributed by atoms with Crippen LogP contribution in [0.4, 0.5) is 0 Å². The van der Waals surface area contributed by atoms with Crippen molar-refractivity contribution < 1.29 is 0 Å². The summed E-state index contributed by atoms with van der Waals surface area (Å²) in [7, 11) is 0. The van der Waals surface area contributed by atoms with Crippen molar-refractivity contribution in [3.05, 3.63) is 69.2 Å². The normalized spacial score (nSPS) is 12.4. The fourth-order valence-corrected chi connectivity index (χ4v) is 2.97. The molecule has 0 saturated carbocycles. The Morgan fingerprint density at radius 2 is 1.80 bits per heavy atom. The molecule has 0 bridgehead atoms. The molecule has 0 aromatic heterocycles. The summed E-state index contributed by atoms with van der Waals surface area (Å²) < 4.78 is 1.16. The van der Waals surface area contributed by atoms with E-state index in [0.29, 0.717) is 0 Å². The summed E-state index contributed by atoms with van der Waals surface area (Å²) in [6.45, 7) is 7.55. The van der Waals surface area contributed by atoms with Crippen molar-refractivity contribution in [3.8, 4) is 0 Å². The molecular formula is C18H22BrN. The zero-order chi connectivity index (χ0) is 14.5. The molecule has 0 radical (unpaired) electrons. The first-order valence-electron chi connectivity index (χ1n) is 7.18. The van der Waals surface area contributed by atoms with Crippen molar-refractivity contribution in [2.24, 2.45) is 0 Å². The molecule has 0 fully saturated rings. The van der Waals surface area contributed by atoms with E-state index >= 15 is 0 Å². The van der Waals surface area contributed by atoms with Crippen molar-refractivity contribution in [2.75, 3.05) is 6.54 Å². The molecule has 20 heavy (non-hydrogen) atoms. The summed E-state index contributed by atoms with van der Waals surface area (Å²) in [5, 5.41) is 3.68. The van der Waals surface area contributed by atoms with Gasteiger partial charge in [-0.15, -0.1) is 0 Å². The molecule has 2 heteroatoms. The largest absolute Gasteiger partial charge is 0.306 e. The summed E-state index contributed by atoms with van der Waals surface area (Å²) in [6.07, 6.45) is 1.13. The quantitative estimate of drug-likeness (QED) is 0.798.